The van der Waals surface area contributed by atoms with E-state index in [4.69, 9.17) is 22.3 Å². The van der Waals surface area contributed by atoms with Crippen molar-refractivity contribution in [2.45, 2.75) is 38.3 Å². The molecule has 3 aliphatic heterocycles. The van der Waals surface area contributed by atoms with Gasteiger partial charge in [0.05, 0.1) is 18.7 Å². The van der Waals surface area contributed by atoms with Gasteiger partial charge in [0.15, 0.2) is 0 Å². The molecule has 29 heavy (non-hydrogen) atoms. The Morgan fingerprint density at radius 2 is 2.03 bits per heavy atom. The van der Waals surface area contributed by atoms with Crippen molar-refractivity contribution in [2.75, 3.05) is 20.2 Å². The fraction of sp³-hybridized carbons (Fsp3) is 0.550. The van der Waals surface area contributed by atoms with Crippen LogP contribution in [0.4, 0.5) is 0 Å². The average Bonchev–Trinajstić information content (AvgIpc) is 2.71. The van der Waals surface area contributed by atoms with Crippen molar-refractivity contribution in [1.29, 1.82) is 0 Å². The van der Waals surface area contributed by atoms with E-state index < -0.39 is 16.5 Å². The second-order valence-electron chi connectivity index (χ2n) is 7.69. The van der Waals surface area contributed by atoms with Crippen LogP contribution in [0.3, 0.4) is 0 Å². The number of hydrogen-bond acceptors (Lipinski definition) is 6. The fourth-order valence-corrected chi connectivity index (χ4v) is 4.71. The van der Waals surface area contributed by atoms with Crippen LogP contribution in [0.15, 0.2) is 30.5 Å². The predicted octanol–water partition coefficient (Wildman–Crippen LogP) is 2.74. The molecule has 2 aromatic rings. The Labute approximate surface area is 171 Å². The summed E-state index contributed by atoms with van der Waals surface area (Å²) in [4.78, 5) is 6.94. The molecule has 0 saturated carbocycles. The molecule has 0 radical (unpaired) electrons. The van der Waals surface area contributed by atoms with Gasteiger partial charge in [0.1, 0.15) is 5.75 Å². The summed E-state index contributed by atoms with van der Waals surface area (Å²) in [6, 6.07) is 8.07. The zero-order valence-electron chi connectivity index (χ0n) is 16.6. The van der Waals surface area contributed by atoms with Crippen LogP contribution >= 0.6 is 0 Å². The molecule has 0 aliphatic carbocycles. The second kappa shape index (κ2) is 8.93. The van der Waals surface area contributed by atoms with E-state index in [0.29, 0.717) is 0 Å². The first-order valence-corrected chi connectivity index (χ1v) is 11.2. The lowest BCUT2D eigenvalue weighted by Gasteiger charge is -2.51. The van der Waals surface area contributed by atoms with Crippen LogP contribution < -0.4 is 4.74 Å². The number of methoxy groups -OCH3 is 1. The molecule has 3 saturated heterocycles. The first-order chi connectivity index (χ1) is 13.7. The molecule has 3 N–H and O–H groups in total. The van der Waals surface area contributed by atoms with Gasteiger partial charge in [-0.1, -0.05) is 13.3 Å². The first-order valence-electron chi connectivity index (χ1n) is 9.76. The third-order valence-corrected chi connectivity index (χ3v) is 6.13. The highest BCUT2D eigenvalue weighted by atomic mass is 32.3. The summed E-state index contributed by atoms with van der Waals surface area (Å²) in [5.41, 5.74) is 1.89. The maximum absolute atomic E-state index is 11.2. The zero-order valence-corrected chi connectivity index (χ0v) is 17.4. The number of fused-ring (bicyclic) bond motifs is 4. The van der Waals surface area contributed by atoms with Crippen molar-refractivity contribution in [1.82, 2.24) is 9.88 Å². The molecule has 5 atom stereocenters. The highest BCUT2D eigenvalue weighted by Gasteiger charge is 2.42. The summed E-state index contributed by atoms with van der Waals surface area (Å²) >= 11 is 0. The largest absolute Gasteiger partial charge is 0.497 e. The maximum Gasteiger partial charge on any atom is 0.394 e. The van der Waals surface area contributed by atoms with Crippen molar-refractivity contribution >= 4 is 21.3 Å². The van der Waals surface area contributed by atoms with Gasteiger partial charge in [0.25, 0.3) is 0 Å². The van der Waals surface area contributed by atoms with Crippen molar-refractivity contribution in [3.05, 3.63) is 36.0 Å². The molecule has 0 spiro atoms. The lowest BCUT2D eigenvalue weighted by Crippen LogP contribution is -2.55. The Morgan fingerprint density at radius 3 is 2.62 bits per heavy atom. The van der Waals surface area contributed by atoms with Gasteiger partial charge in [0, 0.05) is 24.2 Å². The maximum atomic E-state index is 11.2. The van der Waals surface area contributed by atoms with Crippen molar-refractivity contribution < 1.29 is 27.4 Å². The molecule has 0 unspecified atom stereocenters. The quantitative estimate of drug-likeness (QED) is 0.641. The Balaban J connectivity index is 0.000000431. The van der Waals surface area contributed by atoms with Crippen molar-refractivity contribution in [3.8, 4) is 5.75 Å². The van der Waals surface area contributed by atoms with Crippen LogP contribution in [0.1, 0.15) is 37.9 Å². The van der Waals surface area contributed by atoms with Crippen molar-refractivity contribution in [2.24, 2.45) is 11.8 Å². The monoisotopic (exact) mass is 424 g/mol. The summed E-state index contributed by atoms with van der Waals surface area (Å²) in [5.74, 6) is 2.37. The number of rotatable bonds is 4. The van der Waals surface area contributed by atoms with Crippen LogP contribution in [0.5, 0.6) is 5.75 Å². The molecule has 8 nitrogen and oxygen atoms in total. The minimum absolute atomic E-state index is 0.225. The summed E-state index contributed by atoms with van der Waals surface area (Å²) < 4.78 is 36.9. The molecule has 1 aromatic carbocycles. The number of ether oxygens (including phenoxy) is 1. The van der Waals surface area contributed by atoms with Gasteiger partial charge in [0.2, 0.25) is 0 Å². The Bertz CT molecular complexity index is 943. The van der Waals surface area contributed by atoms with Gasteiger partial charge in [-0.05, 0) is 61.1 Å². The van der Waals surface area contributed by atoms with E-state index in [1.165, 1.54) is 12.8 Å². The number of aliphatic hydroxyl groups is 1. The highest BCUT2D eigenvalue weighted by Crippen LogP contribution is 2.42. The van der Waals surface area contributed by atoms with Gasteiger partial charge in [-0.25, -0.2) is 0 Å². The Hall–Kier alpha value is -1.78. The van der Waals surface area contributed by atoms with E-state index in [-0.39, 0.29) is 6.04 Å². The summed E-state index contributed by atoms with van der Waals surface area (Å²) in [7, 11) is -3.00. The van der Waals surface area contributed by atoms with E-state index in [2.05, 4.69) is 16.8 Å². The molecule has 160 valence electrons. The average molecular weight is 425 g/mol. The molecule has 1 aromatic heterocycles. The van der Waals surface area contributed by atoms with E-state index in [9.17, 15) is 5.11 Å². The SMILES string of the molecule is CC[C@H]1C[N@]2CC[C@H]1C[C@@H]2[C@@H](O)c1ccnc2ccc(OC)cc12.O=S(=O)(O)O. The molecule has 3 fully saturated rings. The van der Waals surface area contributed by atoms with Gasteiger partial charge in [-0.2, -0.15) is 8.42 Å². The van der Waals surface area contributed by atoms with Crippen LogP contribution in [0.2, 0.25) is 0 Å². The minimum Gasteiger partial charge on any atom is -0.497 e. The highest BCUT2D eigenvalue weighted by molar-refractivity contribution is 7.79. The number of hydrogen-bond donors (Lipinski definition) is 3. The number of benzene rings is 1. The molecular weight excluding hydrogens is 396 g/mol. The van der Waals surface area contributed by atoms with Crippen LogP contribution in [-0.2, 0) is 10.4 Å². The van der Waals surface area contributed by atoms with Crippen molar-refractivity contribution in [3.63, 3.8) is 0 Å². The Kier molecular flexibility index (Phi) is 6.75. The topological polar surface area (TPSA) is 120 Å². The van der Waals surface area contributed by atoms with Gasteiger partial charge in [-0.3, -0.25) is 19.0 Å². The number of nitrogens with zero attached hydrogens (tertiary/aromatic N) is 2. The third kappa shape index (κ3) is 5.23. The standard InChI is InChI=1S/C20H26N2O2.H2O4S/c1-3-13-12-22-9-7-14(13)10-19(22)20(23)16-6-8-21-18-5-4-15(24-2)11-17(16)18;1-5(2,3)4/h4-6,8,11,13-14,19-20,23H,3,7,9-10,12H2,1-2H3;(H2,1,2,3,4)/t13-,14-,19+,20-;/m0./s1. The smallest absolute Gasteiger partial charge is 0.394 e. The third-order valence-electron chi connectivity index (χ3n) is 6.13. The Morgan fingerprint density at radius 1 is 1.31 bits per heavy atom. The lowest BCUT2D eigenvalue weighted by molar-refractivity contribution is -0.0562. The van der Waals surface area contributed by atoms with Gasteiger partial charge < -0.3 is 9.84 Å². The fourth-order valence-electron chi connectivity index (χ4n) is 4.71. The van der Waals surface area contributed by atoms with E-state index in [1.54, 1.807) is 13.3 Å². The molecule has 4 heterocycles. The molecule has 0 amide bonds. The lowest BCUT2D eigenvalue weighted by atomic mass is 9.72. The van der Waals surface area contributed by atoms with E-state index >= 15 is 0 Å². The number of aromatic nitrogens is 1. The minimum atomic E-state index is -4.67. The van der Waals surface area contributed by atoms with Crippen LogP contribution in [-0.4, -0.2) is 58.8 Å². The molecule has 9 heteroatoms. The summed E-state index contributed by atoms with van der Waals surface area (Å²) in [6.45, 7) is 4.55. The predicted molar refractivity (Wildman–Crippen MR) is 109 cm³/mol. The second-order valence-corrected chi connectivity index (χ2v) is 8.59. The summed E-state index contributed by atoms with van der Waals surface area (Å²) in [6.07, 6.45) is 4.97. The molecular formula is C20H28N2O6S. The van der Waals surface area contributed by atoms with Gasteiger partial charge in [-0.15, -0.1) is 0 Å². The number of piperidine rings is 3. The molecule has 2 bridgehead atoms. The normalized spacial score (nSPS) is 27.2. The van der Waals surface area contributed by atoms with Crippen LogP contribution in [0.25, 0.3) is 10.9 Å². The van der Waals surface area contributed by atoms with Crippen LogP contribution in [0, 0.1) is 11.8 Å². The zero-order chi connectivity index (χ0) is 21.2. The van der Waals surface area contributed by atoms with E-state index in [1.807, 2.05) is 24.3 Å². The first kappa shape index (κ1) is 21.9. The van der Waals surface area contributed by atoms with Gasteiger partial charge >= 0.3 is 10.4 Å². The molecule has 3 aliphatic rings. The van der Waals surface area contributed by atoms with E-state index in [0.717, 1.165) is 53.6 Å². The molecule has 5 rings (SSSR count). The number of aliphatic hydroxyl groups excluding tert-OH is 1. The summed E-state index contributed by atoms with van der Waals surface area (Å²) in [5, 5.41) is 12.2. The number of pyridine rings is 1.